The zero-order valence-corrected chi connectivity index (χ0v) is 16.7. The number of nitrogens with one attached hydrogen (secondary N) is 1. The van der Waals surface area contributed by atoms with Crippen LogP contribution in [0.1, 0.15) is 19.9 Å². The Morgan fingerprint density at radius 3 is 2.36 bits per heavy atom. The minimum atomic E-state index is -0.00187. The second-order valence-corrected chi connectivity index (χ2v) is 7.73. The average molecular weight is 377 g/mol. The number of nitrogens with zero attached hydrogens (tertiary/aromatic N) is 4. The molecule has 3 aromatic rings. The highest BCUT2D eigenvalue weighted by molar-refractivity contribution is 5.79. The number of hydrogen-bond donors (Lipinski definition) is 1. The van der Waals surface area contributed by atoms with E-state index in [0.29, 0.717) is 0 Å². The van der Waals surface area contributed by atoms with Gasteiger partial charge in [0, 0.05) is 49.7 Å². The maximum absolute atomic E-state index is 12.3. The molecule has 0 amide bonds. The van der Waals surface area contributed by atoms with Gasteiger partial charge >= 0.3 is 0 Å². The Morgan fingerprint density at radius 2 is 1.68 bits per heavy atom. The number of hydrogen-bond acceptors (Lipinski definition) is 5. The molecule has 0 spiro atoms. The van der Waals surface area contributed by atoms with E-state index < -0.39 is 0 Å². The molecule has 1 aromatic carbocycles. The van der Waals surface area contributed by atoms with E-state index in [9.17, 15) is 4.79 Å². The Bertz CT molecular complexity index is 1020. The number of benzene rings is 1. The molecule has 1 aliphatic rings. The van der Waals surface area contributed by atoms with Crippen LogP contribution in [0.2, 0.25) is 0 Å². The van der Waals surface area contributed by atoms with Crippen molar-refractivity contribution in [3.05, 3.63) is 59.0 Å². The third kappa shape index (κ3) is 3.73. The highest BCUT2D eigenvalue weighted by Gasteiger charge is 2.14. The molecule has 1 aliphatic heterocycles. The molecule has 0 unspecified atom stereocenters. The first kappa shape index (κ1) is 18.5. The van der Waals surface area contributed by atoms with Crippen LogP contribution in [0.4, 0.5) is 17.1 Å². The first-order valence-corrected chi connectivity index (χ1v) is 9.83. The highest BCUT2D eigenvalue weighted by Crippen LogP contribution is 2.24. The molecule has 0 aliphatic carbocycles. The normalized spacial score (nSPS) is 15.4. The predicted octanol–water partition coefficient (Wildman–Crippen LogP) is 3.47. The molecule has 4 rings (SSSR count). The second kappa shape index (κ2) is 7.64. The van der Waals surface area contributed by atoms with Crippen molar-refractivity contribution in [2.45, 2.75) is 19.9 Å². The van der Waals surface area contributed by atoms with E-state index >= 15 is 0 Å². The summed E-state index contributed by atoms with van der Waals surface area (Å²) in [7, 11) is 2.17. The second-order valence-electron chi connectivity index (χ2n) is 7.73. The van der Waals surface area contributed by atoms with Gasteiger partial charge in [-0.2, -0.15) is 0 Å². The quantitative estimate of drug-likeness (QED) is 0.754. The van der Waals surface area contributed by atoms with Crippen molar-refractivity contribution in [2.24, 2.45) is 0 Å². The zero-order chi connectivity index (χ0) is 19.7. The van der Waals surface area contributed by atoms with Crippen LogP contribution in [0.15, 0.2) is 53.5 Å². The van der Waals surface area contributed by atoms with E-state index in [1.165, 1.54) is 5.69 Å². The molecular weight excluding hydrogens is 350 g/mol. The molecule has 0 radical (unpaired) electrons. The van der Waals surface area contributed by atoms with Crippen molar-refractivity contribution < 1.29 is 0 Å². The van der Waals surface area contributed by atoms with Crippen molar-refractivity contribution >= 4 is 28.1 Å². The van der Waals surface area contributed by atoms with Gasteiger partial charge in [-0.25, -0.2) is 0 Å². The zero-order valence-electron chi connectivity index (χ0n) is 16.7. The summed E-state index contributed by atoms with van der Waals surface area (Å²) in [6, 6.07) is 14.0. The van der Waals surface area contributed by atoms with E-state index in [4.69, 9.17) is 0 Å². The molecule has 2 aromatic heterocycles. The molecule has 28 heavy (non-hydrogen) atoms. The van der Waals surface area contributed by atoms with E-state index in [1.807, 2.05) is 26.1 Å². The Kier molecular flexibility index (Phi) is 5.05. The summed E-state index contributed by atoms with van der Waals surface area (Å²) < 4.78 is 1.78. The van der Waals surface area contributed by atoms with Crippen LogP contribution in [0.5, 0.6) is 0 Å². The average Bonchev–Trinajstić information content (AvgIpc) is 2.69. The summed E-state index contributed by atoms with van der Waals surface area (Å²) in [5.41, 5.74) is 4.81. The van der Waals surface area contributed by atoms with E-state index in [1.54, 1.807) is 16.7 Å². The Balaban J connectivity index is 1.56. The van der Waals surface area contributed by atoms with Gasteiger partial charge in [-0.05, 0) is 57.3 Å². The highest BCUT2D eigenvalue weighted by atomic mass is 16.1. The minimum absolute atomic E-state index is 0.00187. The lowest BCUT2D eigenvalue weighted by atomic mass is 10.2. The van der Waals surface area contributed by atoms with E-state index in [0.717, 1.165) is 48.6 Å². The van der Waals surface area contributed by atoms with Crippen LogP contribution >= 0.6 is 0 Å². The SMILES string of the molecule is CC(C)n1c(=O)ccc2ncc(Nc3ccc(N4CCN(C)CC4)cc3)cc21. The molecule has 3 heterocycles. The van der Waals surface area contributed by atoms with Crippen molar-refractivity contribution in [3.8, 4) is 0 Å². The molecule has 1 saturated heterocycles. The van der Waals surface area contributed by atoms with E-state index in [2.05, 4.69) is 51.4 Å². The maximum atomic E-state index is 12.3. The molecule has 0 atom stereocenters. The van der Waals surface area contributed by atoms with Gasteiger partial charge in [0.25, 0.3) is 5.56 Å². The fourth-order valence-electron chi connectivity index (χ4n) is 3.72. The van der Waals surface area contributed by atoms with Gasteiger partial charge < -0.3 is 19.7 Å². The largest absolute Gasteiger partial charge is 0.369 e. The van der Waals surface area contributed by atoms with Crippen molar-refractivity contribution in [1.82, 2.24) is 14.5 Å². The molecule has 1 N–H and O–H groups in total. The Morgan fingerprint density at radius 1 is 0.964 bits per heavy atom. The van der Waals surface area contributed by atoms with Crippen LogP contribution in [0, 0.1) is 0 Å². The molecule has 0 bridgehead atoms. The number of pyridine rings is 2. The Hall–Kier alpha value is -2.86. The lowest BCUT2D eigenvalue weighted by Crippen LogP contribution is -2.44. The van der Waals surface area contributed by atoms with Crippen LogP contribution in [-0.4, -0.2) is 47.7 Å². The third-order valence-electron chi connectivity index (χ3n) is 5.32. The summed E-state index contributed by atoms with van der Waals surface area (Å²) in [4.78, 5) is 21.6. The summed E-state index contributed by atoms with van der Waals surface area (Å²) in [6.07, 6.45) is 1.81. The van der Waals surface area contributed by atoms with Gasteiger partial charge in [0.05, 0.1) is 22.9 Å². The first-order valence-electron chi connectivity index (χ1n) is 9.83. The van der Waals surface area contributed by atoms with Crippen LogP contribution in [0.3, 0.4) is 0 Å². The lowest BCUT2D eigenvalue weighted by molar-refractivity contribution is 0.313. The van der Waals surface area contributed by atoms with Crippen molar-refractivity contribution in [2.75, 3.05) is 43.4 Å². The monoisotopic (exact) mass is 377 g/mol. The number of rotatable bonds is 4. The van der Waals surface area contributed by atoms with Gasteiger partial charge in [0.15, 0.2) is 0 Å². The lowest BCUT2D eigenvalue weighted by Gasteiger charge is -2.34. The fourth-order valence-corrected chi connectivity index (χ4v) is 3.72. The minimum Gasteiger partial charge on any atom is -0.369 e. The van der Waals surface area contributed by atoms with E-state index in [-0.39, 0.29) is 11.6 Å². The van der Waals surface area contributed by atoms with Gasteiger partial charge in [0.2, 0.25) is 0 Å². The number of anilines is 3. The van der Waals surface area contributed by atoms with Crippen LogP contribution < -0.4 is 15.8 Å². The molecular formula is C22H27N5O. The standard InChI is InChI=1S/C22H27N5O/c1-16(2)27-21-14-18(15-23-20(21)8-9-22(27)28)24-17-4-6-19(7-5-17)26-12-10-25(3)11-13-26/h4-9,14-16,24H,10-13H2,1-3H3. The van der Waals surface area contributed by atoms with Crippen LogP contribution in [0.25, 0.3) is 11.0 Å². The summed E-state index contributed by atoms with van der Waals surface area (Å²) in [6.45, 7) is 8.34. The number of fused-ring (bicyclic) bond motifs is 1. The van der Waals surface area contributed by atoms with Crippen molar-refractivity contribution in [3.63, 3.8) is 0 Å². The van der Waals surface area contributed by atoms with Gasteiger partial charge in [-0.3, -0.25) is 9.78 Å². The number of aromatic nitrogens is 2. The van der Waals surface area contributed by atoms with Gasteiger partial charge in [0.1, 0.15) is 0 Å². The molecule has 146 valence electrons. The number of piperazine rings is 1. The first-order chi connectivity index (χ1) is 13.5. The molecule has 6 heteroatoms. The molecule has 1 fully saturated rings. The Labute approximate surface area is 165 Å². The summed E-state index contributed by atoms with van der Waals surface area (Å²) >= 11 is 0. The van der Waals surface area contributed by atoms with Crippen LogP contribution in [-0.2, 0) is 0 Å². The summed E-state index contributed by atoms with van der Waals surface area (Å²) in [5, 5.41) is 3.41. The maximum Gasteiger partial charge on any atom is 0.251 e. The predicted molar refractivity (Wildman–Crippen MR) is 116 cm³/mol. The fraction of sp³-hybridized carbons (Fsp3) is 0.364. The number of likely N-dealkylation sites (N-methyl/N-ethyl adjacent to an activating group) is 1. The van der Waals surface area contributed by atoms with Gasteiger partial charge in [-0.15, -0.1) is 0 Å². The summed E-state index contributed by atoms with van der Waals surface area (Å²) in [5.74, 6) is 0. The van der Waals surface area contributed by atoms with Crippen molar-refractivity contribution in [1.29, 1.82) is 0 Å². The molecule has 0 saturated carbocycles. The topological polar surface area (TPSA) is 53.4 Å². The molecule has 6 nitrogen and oxygen atoms in total. The third-order valence-corrected chi connectivity index (χ3v) is 5.32. The van der Waals surface area contributed by atoms with Gasteiger partial charge in [-0.1, -0.05) is 0 Å². The smallest absolute Gasteiger partial charge is 0.251 e.